The third kappa shape index (κ3) is 6.37. The van der Waals surface area contributed by atoms with Crippen LogP contribution in [0, 0.1) is 12.8 Å². The molecule has 4 heteroatoms. The van der Waals surface area contributed by atoms with Crippen molar-refractivity contribution < 1.29 is 19.3 Å². The molecule has 4 nitrogen and oxygen atoms in total. The van der Waals surface area contributed by atoms with Crippen LogP contribution in [0.2, 0.25) is 0 Å². The molecule has 0 heterocycles. The third-order valence-electron chi connectivity index (χ3n) is 3.00. The molecule has 0 amide bonds. The molecule has 0 aromatic heterocycles. The molecular weight excluding hydrogens is 256 g/mol. The van der Waals surface area contributed by atoms with Crippen LogP contribution in [0.4, 0.5) is 0 Å². The van der Waals surface area contributed by atoms with Gasteiger partial charge < -0.3 is 19.3 Å². The van der Waals surface area contributed by atoms with E-state index in [0.29, 0.717) is 26.2 Å². The van der Waals surface area contributed by atoms with Gasteiger partial charge in [0.25, 0.3) is 0 Å². The number of aliphatic hydroxyl groups excluding tert-OH is 1. The topological polar surface area (TPSA) is 47.9 Å². The van der Waals surface area contributed by atoms with Crippen LogP contribution in [0.3, 0.4) is 0 Å². The van der Waals surface area contributed by atoms with Crippen LogP contribution in [-0.4, -0.2) is 37.8 Å². The summed E-state index contributed by atoms with van der Waals surface area (Å²) in [6, 6.07) is 7.89. The number of benzene rings is 1. The van der Waals surface area contributed by atoms with Gasteiger partial charge in [0, 0.05) is 32.2 Å². The van der Waals surface area contributed by atoms with Crippen molar-refractivity contribution in [2.45, 2.75) is 33.5 Å². The summed E-state index contributed by atoms with van der Waals surface area (Å²) in [5.41, 5.74) is 1.20. The molecule has 0 bridgehead atoms. The fraction of sp³-hybridized carbons (Fsp3) is 0.625. The number of hydrogen-bond acceptors (Lipinski definition) is 4. The number of hydrogen-bond donors (Lipinski definition) is 1. The van der Waals surface area contributed by atoms with E-state index in [2.05, 4.69) is 0 Å². The smallest absolute Gasteiger partial charge is 0.158 e. The van der Waals surface area contributed by atoms with Crippen molar-refractivity contribution in [3.05, 3.63) is 29.8 Å². The van der Waals surface area contributed by atoms with E-state index in [-0.39, 0.29) is 18.8 Å². The highest BCUT2D eigenvalue weighted by Gasteiger charge is 2.17. The van der Waals surface area contributed by atoms with Crippen molar-refractivity contribution in [2.24, 2.45) is 5.92 Å². The van der Waals surface area contributed by atoms with Crippen LogP contribution < -0.4 is 4.74 Å². The summed E-state index contributed by atoms with van der Waals surface area (Å²) in [4.78, 5) is 0. The first-order chi connectivity index (χ1) is 9.69. The number of aryl methyl sites for hydroxylation is 1. The first kappa shape index (κ1) is 17.0. The van der Waals surface area contributed by atoms with Gasteiger partial charge in [-0.15, -0.1) is 0 Å². The molecule has 0 aliphatic heterocycles. The Hall–Kier alpha value is -1.10. The van der Waals surface area contributed by atoms with E-state index >= 15 is 0 Å². The first-order valence-corrected chi connectivity index (χ1v) is 7.23. The fourth-order valence-electron chi connectivity index (χ4n) is 1.87. The van der Waals surface area contributed by atoms with E-state index in [4.69, 9.17) is 14.2 Å². The highest BCUT2D eigenvalue weighted by Crippen LogP contribution is 2.16. The lowest BCUT2D eigenvalue weighted by atomic mass is 10.1. The normalized spacial score (nSPS) is 12.7. The fourth-order valence-corrected chi connectivity index (χ4v) is 1.87. The van der Waals surface area contributed by atoms with Gasteiger partial charge in [0.2, 0.25) is 0 Å². The highest BCUT2D eigenvalue weighted by molar-refractivity contribution is 5.26. The zero-order valence-corrected chi connectivity index (χ0v) is 12.7. The minimum absolute atomic E-state index is 0.000553. The van der Waals surface area contributed by atoms with Gasteiger partial charge in [-0.1, -0.05) is 17.7 Å². The largest absolute Gasteiger partial charge is 0.493 e. The second-order valence-corrected chi connectivity index (χ2v) is 4.75. The van der Waals surface area contributed by atoms with E-state index in [9.17, 15) is 5.11 Å². The van der Waals surface area contributed by atoms with Crippen molar-refractivity contribution in [2.75, 3.05) is 26.4 Å². The standard InChI is InChI=1S/C16H26O4/c1-4-18-16(19-5-2)10-14(11-17)12-20-15-8-6-13(3)7-9-15/h6-9,14,16-17H,4-5,10-12H2,1-3H3. The summed E-state index contributed by atoms with van der Waals surface area (Å²) in [6.07, 6.45) is 0.355. The Morgan fingerprint density at radius 3 is 2.15 bits per heavy atom. The molecule has 20 heavy (non-hydrogen) atoms. The Morgan fingerprint density at radius 1 is 1.05 bits per heavy atom. The monoisotopic (exact) mass is 282 g/mol. The van der Waals surface area contributed by atoms with Gasteiger partial charge in [0.1, 0.15) is 5.75 Å². The molecule has 1 atom stereocenters. The second kappa shape index (κ2) is 9.75. The minimum atomic E-state index is -0.274. The van der Waals surface area contributed by atoms with Gasteiger partial charge in [-0.3, -0.25) is 0 Å². The third-order valence-corrected chi connectivity index (χ3v) is 3.00. The molecule has 0 aliphatic rings. The van der Waals surface area contributed by atoms with Crippen LogP contribution in [0.25, 0.3) is 0 Å². The molecule has 1 rings (SSSR count). The zero-order chi connectivity index (χ0) is 14.8. The molecule has 114 valence electrons. The molecule has 0 spiro atoms. The van der Waals surface area contributed by atoms with Crippen LogP contribution in [-0.2, 0) is 9.47 Å². The van der Waals surface area contributed by atoms with Crippen LogP contribution in [0.15, 0.2) is 24.3 Å². The molecule has 1 N–H and O–H groups in total. The lowest BCUT2D eigenvalue weighted by Crippen LogP contribution is -2.26. The van der Waals surface area contributed by atoms with Crippen molar-refractivity contribution in [1.82, 2.24) is 0 Å². The Kier molecular flexibility index (Phi) is 8.26. The van der Waals surface area contributed by atoms with E-state index in [1.807, 2.05) is 45.0 Å². The summed E-state index contributed by atoms with van der Waals surface area (Å²) in [6.45, 7) is 7.61. The summed E-state index contributed by atoms with van der Waals surface area (Å²) in [5.74, 6) is 0.817. The summed E-state index contributed by atoms with van der Waals surface area (Å²) < 4.78 is 16.7. The molecule has 0 radical (unpaired) electrons. The van der Waals surface area contributed by atoms with E-state index in [1.54, 1.807) is 0 Å². The van der Waals surface area contributed by atoms with Gasteiger partial charge in [-0.2, -0.15) is 0 Å². The maximum atomic E-state index is 9.44. The van der Waals surface area contributed by atoms with Crippen LogP contribution in [0.1, 0.15) is 25.8 Å². The Labute approximate surface area is 121 Å². The number of rotatable bonds is 10. The van der Waals surface area contributed by atoms with Gasteiger partial charge >= 0.3 is 0 Å². The lowest BCUT2D eigenvalue weighted by molar-refractivity contribution is -0.149. The van der Waals surface area contributed by atoms with Crippen LogP contribution in [0.5, 0.6) is 5.75 Å². The van der Waals surface area contributed by atoms with Crippen molar-refractivity contribution in [3.8, 4) is 5.75 Å². The molecule has 1 aromatic carbocycles. The molecule has 1 aromatic rings. The lowest BCUT2D eigenvalue weighted by Gasteiger charge is -2.22. The summed E-state index contributed by atoms with van der Waals surface area (Å²) >= 11 is 0. The maximum absolute atomic E-state index is 9.44. The van der Waals surface area contributed by atoms with E-state index in [0.717, 1.165) is 5.75 Å². The van der Waals surface area contributed by atoms with Crippen molar-refractivity contribution >= 4 is 0 Å². The van der Waals surface area contributed by atoms with Gasteiger partial charge in [0.05, 0.1) is 6.61 Å². The molecule has 0 saturated carbocycles. The predicted molar refractivity (Wildman–Crippen MR) is 78.9 cm³/mol. The van der Waals surface area contributed by atoms with Gasteiger partial charge in [-0.25, -0.2) is 0 Å². The van der Waals surface area contributed by atoms with E-state index < -0.39 is 0 Å². The Bertz CT molecular complexity index is 344. The SMILES string of the molecule is CCOC(CC(CO)COc1ccc(C)cc1)OCC. The van der Waals surface area contributed by atoms with Gasteiger partial charge in [-0.05, 0) is 32.9 Å². The summed E-state index contributed by atoms with van der Waals surface area (Å²) in [5, 5.41) is 9.44. The second-order valence-electron chi connectivity index (χ2n) is 4.75. The van der Waals surface area contributed by atoms with Gasteiger partial charge in [0.15, 0.2) is 6.29 Å². The summed E-state index contributed by atoms with van der Waals surface area (Å²) in [7, 11) is 0. The van der Waals surface area contributed by atoms with E-state index in [1.165, 1.54) is 5.56 Å². The Balaban J connectivity index is 2.43. The van der Waals surface area contributed by atoms with Crippen molar-refractivity contribution in [1.29, 1.82) is 0 Å². The van der Waals surface area contributed by atoms with Crippen LogP contribution >= 0.6 is 0 Å². The molecule has 0 aliphatic carbocycles. The zero-order valence-electron chi connectivity index (χ0n) is 12.7. The quantitative estimate of drug-likeness (QED) is 0.670. The molecule has 1 unspecified atom stereocenters. The number of aliphatic hydroxyl groups is 1. The number of ether oxygens (including phenoxy) is 3. The van der Waals surface area contributed by atoms with Crippen molar-refractivity contribution in [3.63, 3.8) is 0 Å². The first-order valence-electron chi connectivity index (χ1n) is 7.23. The Morgan fingerprint density at radius 2 is 1.65 bits per heavy atom. The average Bonchev–Trinajstić information content (AvgIpc) is 2.45. The molecular formula is C16H26O4. The maximum Gasteiger partial charge on any atom is 0.158 e. The molecule has 0 saturated heterocycles. The minimum Gasteiger partial charge on any atom is -0.493 e. The highest BCUT2D eigenvalue weighted by atomic mass is 16.7. The molecule has 0 fully saturated rings. The predicted octanol–water partition coefficient (Wildman–Crippen LogP) is 2.77. The average molecular weight is 282 g/mol.